The number of halogens is 1. The fourth-order valence-corrected chi connectivity index (χ4v) is 3.23. The van der Waals surface area contributed by atoms with Crippen LogP contribution < -0.4 is 16.0 Å². The van der Waals surface area contributed by atoms with E-state index < -0.39 is 0 Å². The van der Waals surface area contributed by atoms with Gasteiger partial charge in [0.05, 0.1) is 11.0 Å². The first kappa shape index (κ1) is 22.8. The van der Waals surface area contributed by atoms with Crippen LogP contribution in [0.2, 0.25) is 0 Å². The Morgan fingerprint density at radius 3 is 2.54 bits per heavy atom. The zero-order valence-corrected chi connectivity index (χ0v) is 17.0. The smallest absolute Gasteiger partial charge is 0.234 e. The van der Waals surface area contributed by atoms with Crippen LogP contribution in [-0.4, -0.2) is 67.0 Å². The zero-order chi connectivity index (χ0) is 18.1. The molecule has 2 rings (SSSR count). The summed E-state index contributed by atoms with van der Waals surface area (Å²) in [5.74, 6) is 0.165. The van der Waals surface area contributed by atoms with Gasteiger partial charge in [0.15, 0.2) is 0 Å². The van der Waals surface area contributed by atoms with Gasteiger partial charge in [0, 0.05) is 45.0 Å². The number of nitrogens with one attached hydrogen (secondary N) is 3. The van der Waals surface area contributed by atoms with E-state index in [1.165, 1.54) is 11.8 Å². The van der Waals surface area contributed by atoms with Crippen molar-refractivity contribution in [3.05, 3.63) is 29.8 Å². The molecule has 1 aliphatic heterocycles. The van der Waals surface area contributed by atoms with Crippen molar-refractivity contribution in [3.8, 4) is 0 Å². The Morgan fingerprint density at radius 2 is 1.88 bits per heavy atom. The molecule has 1 atom stereocenters. The quantitative estimate of drug-likeness (QED) is 0.616. The van der Waals surface area contributed by atoms with Gasteiger partial charge in [0.1, 0.15) is 0 Å². The molecule has 1 aromatic carbocycles. The molecule has 0 radical (unpaired) electrons. The van der Waals surface area contributed by atoms with Crippen LogP contribution >= 0.6 is 24.2 Å². The molecule has 0 aliphatic carbocycles. The maximum atomic E-state index is 12.1. The van der Waals surface area contributed by atoms with Gasteiger partial charge in [0.25, 0.3) is 0 Å². The highest BCUT2D eigenvalue weighted by Crippen LogP contribution is 2.13. The summed E-state index contributed by atoms with van der Waals surface area (Å²) >= 11 is 1.35. The molecular formula is C18H29ClN4O2S. The summed E-state index contributed by atoms with van der Waals surface area (Å²) < 4.78 is 0. The van der Waals surface area contributed by atoms with Gasteiger partial charge in [-0.1, -0.05) is 17.7 Å². The minimum absolute atomic E-state index is 0. The van der Waals surface area contributed by atoms with Crippen LogP contribution in [0.3, 0.4) is 0 Å². The third kappa shape index (κ3) is 8.40. The van der Waals surface area contributed by atoms with Crippen molar-refractivity contribution in [3.63, 3.8) is 0 Å². The van der Waals surface area contributed by atoms with E-state index in [-0.39, 0.29) is 35.2 Å². The Morgan fingerprint density at radius 1 is 1.23 bits per heavy atom. The van der Waals surface area contributed by atoms with Crippen LogP contribution in [0.25, 0.3) is 0 Å². The highest BCUT2D eigenvalue weighted by Gasteiger charge is 2.16. The molecule has 0 spiro atoms. The molecule has 3 N–H and O–H groups in total. The summed E-state index contributed by atoms with van der Waals surface area (Å²) in [5.41, 5.74) is 1.93. The Hall–Kier alpha value is -1.28. The van der Waals surface area contributed by atoms with Crippen LogP contribution in [0, 0.1) is 6.92 Å². The van der Waals surface area contributed by atoms with Crippen molar-refractivity contribution in [1.29, 1.82) is 0 Å². The summed E-state index contributed by atoms with van der Waals surface area (Å²) in [7, 11) is 0. The summed E-state index contributed by atoms with van der Waals surface area (Å²) in [4.78, 5) is 26.4. The lowest BCUT2D eigenvalue weighted by Gasteiger charge is -2.27. The van der Waals surface area contributed by atoms with E-state index in [1.807, 2.05) is 38.1 Å². The van der Waals surface area contributed by atoms with E-state index in [2.05, 4.69) is 20.9 Å². The van der Waals surface area contributed by atoms with Gasteiger partial charge in [-0.2, -0.15) is 0 Å². The van der Waals surface area contributed by atoms with E-state index >= 15 is 0 Å². The van der Waals surface area contributed by atoms with Crippen LogP contribution in [0.4, 0.5) is 5.69 Å². The van der Waals surface area contributed by atoms with Crippen LogP contribution in [0.5, 0.6) is 0 Å². The maximum Gasteiger partial charge on any atom is 0.234 e. The molecule has 1 aliphatic rings. The van der Waals surface area contributed by atoms with Gasteiger partial charge in [-0.25, -0.2) is 0 Å². The molecule has 2 amide bonds. The predicted molar refractivity (Wildman–Crippen MR) is 111 cm³/mol. The zero-order valence-electron chi connectivity index (χ0n) is 15.4. The highest BCUT2D eigenvalue weighted by atomic mass is 35.5. The molecule has 6 nitrogen and oxygen atoms in total. The molecular weight excluding hydrogens is 372 g/mol. The van der Waals surface area contributed by atoms with Crippen LogP contribution in [0.15, 0.2) is 24.3 Å². The third-order valence-electron chi connectivity index (χ3n) is 4.11. The van der Waals surface area contributed by atoms with E-state index in [4.69, 9.17) is 0 Å². The Labute approximate surface area is 166 Å². The number of aryl methyl sites for hydroxylation is 1. The number of piperazine rings is 1. The maximum absolute atomic E-state index is 12.1. The molecule has 1 saturated heterocycles. The molecule has 26 heavy (non-hydrogen) atoms. The molecule has 0 bridgehead atoms. The number of anilines is 1. The van der Waals surface area contributed by atoms with Gasteiger partial charge in [-0.05, 0) is 26.0 Å². The van der Waals surface area contributed by atoms with Crippen molar-refractivity contribution in [2.75, 3.05) is 50.3 Å². The largest absolute Gasteiger partial charge is 0.354 e. The third-order valence-corrected chi connectivity index (χ3v) is 5.25. The SMILES string of the molecule is Cc1ccc(NC(=O)CSC(C)C(=O)NCCN2CCNCC2)cc1.Cl. The van der Waals surface area contributed by atoms with Crippen molar-refractivity contribution in [2.24, 2.45) is 0 Å². The first-order valence-corrected chi connectivity index (χ1v) is 9.78. The van der Waals surface area contributed by atoms with Crippen LogP contribution in [0.1, 0.15) is 12.5 Å². The van der Waals surface area contributed by atoms with Crippen molar-refractivity contribution in [2.45, 2.75) is 19.1 Å². The Bertz CT molecular complexity index is 565. The number of hydrogen-bond acceptors (Lipinski definition) is 5. The normalized spacial score (nSPS) is 15.6. The molecule has 0 aromatic heterocycles. The van der Waals surface area contributed by atoms with Crippen molar-refractivity contribution in [1.82, 2.24) is 15.5 Å². The van der Waals surface area contributed by atoms with Gasteiger partial charge < -0.3 is 16.0 Å². The molecule has 8 heteroatoms. The standard InChI is InChI=1S/C18H28N4O2S.ClH/c1-14-3-5-16(6-4-14)21-17(23)13-25-15(2)18(24)20-9-12-22-10-7-19-8-11-22;/h3-6,15,19H,7-13H2,1-2H3,(H,20,24)(H,21,23);1H. The average Bonchev–Trinajstić information content (AvgIpc) is 2.62. The van der Waals surface area contributed by atoms with E-state index in [0.29, 0.717) is 6.54 Å². The lowest BCUT2D eigenvalue weighted by molar-refractivity contribution is -0.120. The number of carbonyl (C=O) groups is 2. The van der Waals surface area contributed by atoms with Gasteiger partial charge in [-0.15, -0.1) is 24.2 Å². The highest BCUT2D eigenvalue weighted by molar-refractivity contribution is 8.01. The predicted octanol–water partition coefficient (Wildman–Crippen LogP) is 1.50. The van der Waals surface area contributed by atoms with Gasteiger partial charge >= 0.3 is 0 Å². The fourth-order valence-electron chi connectivity index (χ4n) is 2.53. The number of thioether (sulfide) groups is 1. The molecule has 1 fully saturated rings. The minimum atomic E-state index is -0.244. The second kappa shape index (κ2) is 12.2. The van der Waals surface area contributed by atoms with E-state index in [9.17, 15) is 9.59 Å². The van der Waals surface area contributed by atoms with E-state index in [0.717, 1.165) is 44.0 Å². The molecule has 1 aromatic rings. The molecule has 146 valence electrons. The first-order valence-electron chi connectivity index (χ1n) is 8.73. The average molecular weight is 401 g/mol. The summed E-state index contributed by atoms with van der Waals surface area (Å²) in [6, 6.07) is 7.67. The summed E-state index contributed by atoms with van der Waals surface area (Å²) in [5, 5.41) is 8.87. The fraction of sp³-hybridized carbons (Fsp3) is 0.556. The topological polar surface area (TPSA) is 73.5 Å². The summed E-state index contributed by atoms with van der Waals surface area (Å²) in [6.45, 7) is 9.44. The second-order valence-electron chi connectivity index (χ2n) is 6.25. The number of hydrogen-bond donors (Lipinski definition) is 3. The van der Waals surface area contributed by atoms with Gasteiger partial charge in [-0.3, -0.25) is 14.5 Å². The van der Waals surface area contributed by atoms with Crippen molar-refractivity contribution < 1.29 is 9.59 Å². The molecule has 0 saturated carbocycles. The van der Waals surface area contributed by atoms with E-state index in [1.54, 1.807) is 0 Å². The molecule has 1 heterocycles. The Balaban J connectivity index is 0.00000338. The second-order valence-corrected chi connectivity index (χ2v) is 7.58. The number of carbonyl (C=O) groups excluding carboxylic acids is 2. The minimum Gasteiger partial charge on any atom is -0.354 e. The number of rotatable bonds is 8. The lowest BCUT2D eigenvalue weighted by atomic mass is 10.2. The van der Waals surface area contributed by atoms with Crippen LogP contribution in [-0.2, 0) is 9.59 Å². The number of amides is 2. The number of benzene rings is 1. The van der Waals surface area contributed by atoms with Crippen molar-refractivity contribution >= 4 is 41.7 Å². The summed E-state index contributed by atoms with van der Waals surface area (Å²) in [6.07, 6.45) is 0. The van der Waals surface area contributed by atoms with Gasteiger partial charge in [0.2, 0.25) is 11.8 Å². The lowest BCUT2D eigenvalue weighted by Crippen LogP contribution is -2.46. The number of nitrogens with zero attached hydrogens (tertiary/aromatic N) is 1. The monoisotopic (exact) mass is 400 g/mol. The Kier molecular flexibility index (Phi) is 10.7. The first-order chi connectivity index (χ1) is 12.0. The molecule has 1 unspecified atom stereocenters.